The van der Waals surface area contributed by atoms with Crippen LogP contribution in [-0.4, -0.2) is 0 Å². The highest BCUT2D eigenvalue weighted by Gasteiger charge is 2.19. The van der Waals surface area contributed by atoms with Gasteiger partial charge >= 0.3 is 0 Å². The molecule has 3 aromatic rings. The van der Waals surface area contributed by atoms with Crippen molar-refractivity contribution in [3.63, 3.8) is 0 Å². The van der Waals surface area contributed by atoms with Gasteiger partial charge in [-0.1, -0.05) is 11.6 Å². The van der Waals surface area contributed by atoms with Crippen LogP contribution in [0.15, 0.2) is 51.5 Å². The molecule has 0 fully saturated rings. The van der Waals surface area contributed by atoms with Crippen molar-refractivity contribution in [1.82, 2.24) is 5.43 Å². The monoisotopic (exact) mass is 262 g/mol. The van der Waals surface area contributed by atoms with E-state index < -0.39 is 0 Å². The van der Waals surface area contributed by atoms with E-state index in [1.807, 2.05) is 24.3 Å². The molecular formula is C13H11ClN2O2. The highest BCUT2D eigenvalue weighted by Crippen LogP contribution is 2.29. The number of rotatable bonds is 3. The summed E-state index contributed by atoms with van der Waals surface area (Å²) in [7, 11) is 0. The fraction of sp³-hybridized carbons (Fsp3) is 0.0769. The van der Waals surface area contributed by atoms with Gasteiger partial charge in [-0.15, -0.1) is 0 Å². The van der Waals surface area contributed by atoms with Crippen LogP contribution in [0.25, 0.3) is 11.0 Å². The number of hydrazine groups is 1. The Labute approximate surface area is 108 Å². The number of nitrogens with two attached hydrogens (primary N) is 1. The van der Waals surface area contributed by atoms with E-state index in [0.717, 1.165) is 11.0 Å². The molecular weight excluding hydrogens is 252 g/mol. The van der Waals surface area contributed by atoms with Gasteiger partial charge in [-0.25, -0.2) is 5.43 Å². The lowest BCUT2D eigenvalue weighted by atomic mass is 10.1. The maximum absolute atomic E-state index is 5.94. The first-order valence-electron chi connectivity index (χ1n) is 5.46. The predicted molar refractivity (Wildman–Crippen MR) is 69.1 cm³/mol. The van der Waals surface area contributed by atoms with Crippen LogP contribution in [0.4, 0.5) is 0 Å². The molecule has 0 aliphatic rings. The van der Waals surface area contributed by atoms with Gasteiger partial charge in [0, 0.05) is 10.4 Å². The third-order valence-electron chi connectivity index (χ3n) is 2.78. The molecule has 1 unspecified atom stereocenters. The van der Waals surface area contributed by atoms with Crippen molar-refractivity contribution < 1.29 is 8.83 Å². The average molecular weight is 263 g/mol. The van der Waals surface area contributed by atoms with Crippen molar-refractivity contribution >= 4 is 22.6 Å². The van der Waals surface area contributed by atoms with Gasteiger partial charge in [0.15, 0.2) is 0 Å². The van der Waals surface area contributed by atoms with Gasteiger partial charge in [0.05, 0.1) is 6.26 Å². The van der Waals surface area contributed by atoms with Crippen LogP contribution in [-0.2, 0) is 0 Å². The van der Waals surface area contributed by atoms with E-state index in [2.05, 4.69) is 5.43 Å². The summed E-state index contributed by atoms with van der Waals surface area (Å²) in [6.07, 6.45) is 1.60. The Balaban J connectivity index is 2.07. The first kappa shape index (κ1) is 11.3. The van der Waals surface area contributed by atoms with Gasteiger partial charge < -0.3 is 8.83 Å². The molecule has 0 spiro atoms. The van der Waals surface area contributed by atoms with Gasteiger partial charge in [0.2, 0.25) is 0 Å². The van der Waals surface area contributed by atoms with Crippen molar-refractivity contribution in [3.05, 3.63) is 59.2 Å². The minimum absolute atomic E-state index is 0.314. The molecule has 4 nitrogen and oxygen atoms in total. The van der Waals surface area contributed by atoms with Crippen LogP contribution in [0.1, 0.15) is 17.6 Å². The largest absolute Gasteiger partial charge is 0.467 e. The Morgan fingerprint density at radius 2 is 2.06 bits per heavy atom. The molecule has 5 heteroatoms. The van der Waals surface area contributed by atoms with E-state index in [0.29, 0.717) is 16.5 Å². The molecule has 0 saturated heterocycles. The Morgan fingerprint density at radius 3 is 2.78 bits per heavy atom. The van der Waals surface area contributed by atoms with Crippen LogP contribution < -0.4 is 11.3 Å². The molecule has 1 atom stereocenters. The van der Waals surface area contributed by atoms with E-state index in [1.54, 1.807) is 18.4 Å². The van der Waals surface area contributed by atoms with E-state index >= 15 is 0 Å². The summed E-state index contributed by atoms with van der Waals surface area (Å²) in [5.41, 5.74) is 3.44. The lowest BCUT2D eigenvalue weighted by Gasteiger charge is -2.09. The van der Waals surface area contributed by atoms with Crippen molar-refractivity contribution in [2.45, 2.75) is 6.04 Å². The van der Waals surface area contributed by atoms with Crippen molar-refractivity contribution in [2.24, 2.45) is 5.84 Å². The SMILES string of the molecule is NNC(c1ccco1)c1cc2cc(Cl)ccc2o1. The molecule has 92 valence electrons. The van der Waals surface area contributed by atoms with E-state index in [9.17, 15) is 0 Å². The zero-order valence-corrected chi connectivity index (χ0v) is 10.1. The second-order valence-electron chi connectivity index (χ2n) is 3.95. The maximum Gasteiger partial charge on any atom is 0.137 e. The van der Waals surface area contributed by atoms with Crippen LogP contribution in [0.3, 0.4) is 0 Å². The lowest BCUT2D eigenvalue weighted by molar-refractivity contribution is 0.403. The predicted octanol–water partition coefficient (Wildman–Crippen LogP) is 3.23. The summed E-state index contributed by atoms with van der Waals surface area (Å²) in [6.45, 7) is 0. The third-order valence-corrected chi connectivity index (χ3v) is 3.01. The third kappa shape index (κ3) is 1.90. The molecule has 0 amide bonds. The minimum atomic E-state index is -0.314. The summed E-state index contributed by atoms with van der Waals surface area (Å²) in [6, 6.07) is 10.7. The average Bonchev–Trinajstić information content (AvgIpc) is 2.98. The fourth-order valence-corrected chi connectivity index (χ4v) is 2.12. The van der Waals surface area contributed by atoms with Crippen molar-refractivity contribution in [3.8, 4) is 0 Å². The first-order valence-corrected chi connectivity index (χ1v) is 5.84. The molecule has 0 radical (unpaired) electrons. The molecule has 18 heavy (non-hydrogen) atoms. The summed E-state index contributed by atoms with van der Waals surface area (Å²) in [5.74, 6) is 6.93. The molecule has 0 saturated carbocycles. The number of halogens is 1. The first-order chi connectivity index (χ1) is 8.78. The molecule has 0 aliphatic heterocycles. The topological polar surface area (TPSA) is 64.3 Å². The summed E-state index contributed by atoms with van der Waals surface area (Å²) >= 11 is 5.94. The quantitative estimate of drug-likeness (QED) is 0.562. The summed E-state index contributed by atoms with van der Waals surface area (Å²) in [5, 5.41) is 1.61. The zero-order valence-electron chi connectivity index (χ0n) is 9.39. The van der Waals surface area contributed by atoms with Gasteiger partial charge in [-0.2, -0.15) is 0 Å². The second-order valence-corrected chi connectivity index (χ2v) is 4.38. The van der Waals surface area contributed by atoms with Gasteiger partial charge in [-0.3, -0.25) is 5.84 Å². The molecule has 2 heterocycles. The number of nitrogens with one attached hydrogen (secondary N) is 1. The zero-order chi connectivity index (χ0) is 12.5. The van der Waals surface area contributed by atoms with E-state index in [4.69, 9.17) is 26.3 Å². The molecule has 3 rings (SSSR count). The van der Waals surface area contributed by atoms with Crippen LogP contribution in [0, 0.1) is 0 Å². The molecule has 2 aromatic heterocycles. The minimum Gasteiger partial charge on any atom is -0.467 e. The maximum atomic E-state index is 5.94. The van der Waals surface area contributed by atoms with Gasteiger partial charge in [0.1, 0.15) is 23.1 Å². The molecule has 3 N–H and O–H groups in total. The second kappa shape index (κ2) is 4.49. The van der Waals surface area contributed by atoms with Crippen LogP contribution in [0.2, 0.25) is 5.02 Å². The molecule has 0 aliphatic carbocycles. The Morgan fingerprint density at radius 1 is 1.17 bits per heavy atom. The lowest BCUT2D eigenvalue weighted by Crippen LogP contribution is -2.28. The van der Waals surface area contributed by atoms with Gasteiger partial charge in [-0.05, 0) is 36.4 Å². The number of furan rings is 2. The summed E-state index contributed by atoms with van der Waals surface area (Å²) in [4.78, 5) is 0. The number of benzene rings is 1. The van der Waals surface area contributed by atoms with Crippen molar-refractivity contribution in [2.75, 3.05) is 0 Å². The van der Waals surface area contributed by atoms with E-state index in [-0.39, 0.29) is 6.04 Å². The number of hydrogen-bond donors (Lipinski definition) is 2. The number of hydrogen-bond acceptors (Lipinski definition) is 4. The standard InChI is InChI=1S/C13H11ClN2O2/c14-9-3-4-10-8(6-9)7-12(18-10)13(16-15)11-2-1-5-17-11/h1-7,13,16H,15H2. The smallest absolute Gasteiger partial charge is 0.137 e. The molecule has 1 aromatic carbocycles. The normalized spacial score (nSPS) is 13.0. The highest BCUT2D eigenvalue weighted by atomic mass is 35.5. The van der Waals surface area contributed by atoms with Gasteiger partial charge in [0.25, 0.3) is 0 Å². The Kier molecular flexibility index (Phi) is 2.83. The number of fused-ring (bicyclic) bond motifs is 1. The Bertz CT molecular complexity index is 661. The summed E-state index contributed by atoms with van der Waals surface area (Å²) < 4.78 is 11.1. The Hall–Kier alpha value is -1.75. The highest BCUT2D eigenvalue weighted by molar-refractivity contribution is 6.31. The van der Waals surface area contributed by atoms with Crippen LogP contribution >= 0.6 is 11.6 Å². The molecule has 0 bridgehead atoms. The fourth-order valence-electron chi connectivity index (χ4n) is 1.94. The van der Waals surface area contributed by atoms with Crippen molar-refractivity contribution in [1.29, 1.82) is 0 Å². The van der Waals surface area contributed by atoms with E-state index in [1.165, 1.54) is 0 Å². The van der Waals surface area contributed by atoms with Crippen LogP contribution in [0.5, 0.6) is 0 Å².